The van der Waals surface area contributed by atoms with Crippen LogP contribution in [0.15, 0.2) is 46.8 Å². The molecule has 0 spiro atoms. The average Bonchev–Trinajstić information content (AvgIpc) is 3.17. The standard InChI is InChI=1S/C18H17N3O6S2/c1-25-13-4-3-5-14(15(13)26-2)27-17-20-21-18(28-17)29(23,24)10-11-6-8-12(9-7-11)16(19)22/h3-9H,10H2,1-2H3,(H2,19,22). The minimum Gasteiger partial charge on any atom is -0.493 e. The van der Waals surface area contributed by atoms with E-state index in [0.717, 1.165) is 11.3 Å². The summed E-state index contributed by atoms with van der Waals surface area (Å²) >= 11 is 0.792. The smallest absolute Gasteiger partial charge is 0.300 e. The summed E-state index contributed by atoms with van der Waals surface area (Å²) in [6.07, 6.45) is 0. The lowest BCUT2D eigenvalue weighted by atomic mass is 10.1. The number of rotatable bonds is 8. The highest BCUT2D eigenvalue weighted by atomic mass is 32.2. The minimum atomic E-state index is -3.75. The van der Waals surface area contributed by atoms with Gasteiger partial charge in [0, 0.05) is 5.56 Å². The van der Waals surface area contributed by atoms with Crippen molar-refractivity contribution in [1.82, 2.24) is 10.2 Å². The molecule has 0 atom stereocenters. The fourth-order valence-electron chi connectivity index (χ4n) is 2.44. The fourth-order valence-corrected chi connectivity index (χ4v) is 4.71. The summed E-state index contributed by atoms with van der Waals surface area (Å²) < 4.78 is 41.2. The Morgan fingerprint density at radius 1 is 1.03 bits per heavy atom. The number of para-hydroxylation sites is 1. The third kappa shape index (κ3) is 4.63. The van der Waals surface area contributed by atoms with Crippen LogP contribution in [-0.4, -0.2) is 38.7 Å². The number of benzene rings is 2. The highest BCUT2D eigenvalue weighted by Gasteiger charge is 2.23. The van der Waals surface area contributed by atoms with Crippen LogP contribution in [-0.2, 0) is 15.6 Å². The van der Waals surface area contributed by atoms with Gasteiger partial charge in [-0.15, -0.1) is 5.10 Å². The number of primary amides is 1. The van der Waals surface area contributed by atoms with E-state index in [1.54, 1.807) is 18.2 Å². The van der Waals surface area contributed by atoms with E-state index in [-0.39, 0.29) is 15.3 Å². The van der Waals surface area contributed by atoms with E-state index in [2.05, 4.69) is 10.2 Å². The molecule has 29 heavy (non-hydrogen) atoms. The third-order valence-corrected chi connectivity index (χ3v) is 6.75. The van der Waals surface area contributed by atoms with Crippen LogP contribution in [0, 0.1) is 0 Å². The summed E-state index contributed by atoms with van der Waals surface area (Å²) in [6, 6.07) is 11.0. The number of aromatic nitrogens is 2. The van der Waals surface area contributed by atoms with Crippen LogP contribution >= 0.6 is 11.3 Å². The lowest BCUT2D eigenvalue weighted by molar-refractivity contribution is 0.100. The van der Waals surface area contributed by atoms with Crippen molar-refractivity contribution in [2.75, 3.05) is 14.2 Å². The highest BCUT2D eigenvalue weighted by Crippen LogP contribution is 2.40. The lowest BCUT2D eigenvalue weighted by Crippen LogP contribution is -2.11. The van der Waals surface area contributed by atoms with Gasteiger partial charge in [-0.25, -0.2) is 8.42 Å². The summed E-state index contributed by atoms with van der Waals surface area (Å²) in [5, 5.41) is 7.57. The number of sulfone groups is 1. The van der Waals surface area contributed by atoms with E-state index in [9.17, 15) is 13.2 Å². The van der Waals surface area contributed by atoms with Gasteiger partial charge < -0.3 is 19.9 Å². The van der Waals surface area contributed by atoms with Gasteiger partial charge in [0.1, 0.15) is 0 Å². The van der Waals surface area contributed by atoms with E-state index >= 15 is 0 Å². The highest BCUT2D eigenvalue weighted by molar-refractivity contribution is 7.92. The molecule has 0 unspecified atom stereocenters. The van der Waals surface area contributed by atoms with Gasteiger partial charge in [-0.2, -0.15) is 0 Å². The van der Waals surface area contributed by atoms with E-state index in [4.69, 9.17) is 19.9 Å². The van der Waals surface area contributed by atoms with E-state index < -0.39 is 15.7 Å². The second-order valence-electron chi connectivity index (χ2n) is 5.75. The Balaban J connectivity index is 1.79. The molecule has 0 saturated heterocycles. The van der Waals surface area contributed by atoms with Crippen LogP contribution < -0.4 is 19.9 Å². The SMILES string of the molecule is COc1cccc(Oc2nnc(S(=O)(=O)Cc3ccc(C(N)=O)cc3)s2)c1OC. The predicted molar refractivity (Wildman–Crippen MR) is 105 cm³/mol. The Labute approximate surface area is 171 Å². The maximum atomic E-state index is 12.6. The van der Waals surface area contributed by atoms with Crippen LogP contribution in [0.5, 0.6) is 22.4 Å². The summed E-state index contributed by atoms with van der Waals surface area (Å²) in [4.78, 5) is 11.1. The number of methoxy groups -OCH3 is 2. The zero-order valence-electron chi connectivity index (χ0n) is 15.5. The molecule has 0 aliphatic rings. The molecule has 0 aliphatic carbocycles. The minimum absolute atomic E-state index is 0.0409. The zero-order valence-corrected chi connectivity index (χ0v) is 17.1. The Morgan fingerprint density at radius 2 is 1.72 bits per heavy atom. The Morgan fingerprint density at radius 3 is 2.34 bits per heavy atom. The molecule has 0 saturated carbocycles. The molecule has 2 aromatic carbocycles. The van der Waals surface area contributed by atoms with Gasteiger partial charge in [-0.05, 0) is 41.2 Å². The normalized spacial score (nSPS) is 11.1. The Hall–Kier alpha value is -3.18. The van der Waals surface area contributed by atoms with Gasteiger partial charge in [-0.1, -0.05) is 23.3 Å². The first kappa shape index (κ1) is 20.6. The van der Waals surface area contributed by atoms with Gasteiger partial charge in [0.15, 0.2) is 11.5 Å². The quantitative estimate of drug-likeness (QED) is 0.571. The molecule has 3 aromatic rings. The third-order valence-electron chi connectivity index (χ3n) is 3.81. The molecular weight excluding hydrogens is 418 g/mol. The van der Waals surface area contributed by atoms with Crippen LogP contribution in [0.4, 0.5) is 0 Å². The molecule has 1 heterocycles. The summed E-state index contributed by atoms with van der Waals surface area (Å²) in [5.41, 5.74) is 5.97. The number of carbonyl (C=O) groups is 1. The van der Waals surface area contributed by atoms with Crippen molar-refractivity contribution in [3.63, 3.8) is 0 Å². The van der Waals surface area contributed by atoms with Crippen LogP contribution in [0.2, 0.25) is 0 Å². The first-order valence-corrected chi connectivity index (χ1v) is 10.6. The number of amides is 1. The first-order valence-electron chi connectivity index (χ1n) is 8.18. The number of hydrogen-bond donors (Lipinski definition) is 1. The first-order chi connectivity index (χ1) is 13.8. The van der Waals surface area contributed by atoms with Crippen molar-refractivity contribution in [2.45, 2.75) is 10.1 Å². The van der Waals surface area contributed by atoms with Crippen molar-refractivity contribution in [1.29, 1.82) is 0 Å². The molecule has 0 aliphatic heterocycles. The lowest BCUT2D eigenvalue weighted by Gasteiger charge is -2.11. The average molecular weight is 435 g/mol. The molecular formula is C18H17N3O6S2. The molecule has 9 nitrogen and oxygen atoms in total. The van der Waals surface area contributed by atoms with Gasteiger partial charge >= 0.3 is 5.19 Å². The van der Waals surface area contributed by atoms with Gasteiger partial charge in [-0.3, -0.25) is 4.79 Å². The number of ether oxygens (including phenoxy) is 3. The molecule has 152 valence electrons. The van der Waals surface area contributed by atoms with Gasteiger partial charge in [0.25, 0.3) is 0 Å². The van der Waals surface area contributed by atoms with Gasteiger partial charge in [0.2, 0.25) is 25.8 Å². The molecule has 0 bridgehead atoms. The maximum absolute atomic E-state index is 12.6. The number of carbonyl (C=O) groups excluding carboxylic acids is 1. The monoisotopic (exact) mass is 435 g/mol. The number of nitrogens with two attached hydrogens (primary N) is 1. The summed E-state index contributed by atoms with van der Waals surface area (Å²) in [7, 11) is -0.798. The van der Waals surface area contributed by atoms with Gasteiger partial charge in [0.05, 0.1) is 20.0 Å². The summed E-state index contributed by atoms with van der Waals surface area (Å²) in [6.45, 7) is 0. The fraction of sp³-hybridized carbons (Fsp3) is 0.167. The van der Waals surface area contributed by atoms with E-state index in [1.165, 1.54) is 38.5 Å². The van der Waals surface area contributed by atoms with E-state index in [0.29, 0.717) is 28.4 Å². The predicted octanol–water partition coefficient (Wildman–Crippen LogP) is 2.42. The van der Waals surface area contributed by atoms with Crippen molar-refractivity contribution < 1.29 is 27.4 Å². The van der Waals surface area contributed by atoms with Crippen molar-refractivity contribution in [3.05, 3.63) is 53.6 Å². The van der Waals surface area contributed by atoms with Crippen LogP contribution in [0.25, 0.3) is 0 Å². The van der Waals surface area contributed by atoms with Crippen molar-refractivity contribution in [2.24, 2.45) is 5.73 Å². The molecule has 0 fully saturated rings. The second kappa shape index (κ2) is 8.45. The molecule has 11 heteroatoms. The molecule has 0 radical (unpaired) electrons. The van der Waals surface area contributed by atoms with Crippen molar-refractivity contribution in [3.8, 4) is 22.4 Å². The number of hydrogen-bond acceptors (Lipinski definition) is 9. The van der Waals surface area contributed by atoms with Crippen LogP contribution in [0.1, 0.15) is 15.9 Å². The second-order valence-corrected chi connectivity index (χ2v) is 8.85. The number of nitrogens with zero attached hydrogens (tertiary/aromatic N) is 2. The summed E-state index contributed by atoms with van der Waals surface area (Å²) in [5.74, 6) is 0.238. The Bertz CT molecular complexity index is 1130. The molecule has 1 aromatic heterocycles. The van der Waals surface area contributed by atoms with Crippen LogP contribution in [0.3, 0.4) is 0 Å². The topological polar surface area (TPSA) is 131 Å². The van der Waals surface area contributed by atoms with E-state index in [1.807, 2.05) is 0 Å². The molecule has 1 amide bonds. The largest absolute Gasteiger partial charge is 0.493 e. The maximum Gasteiger partial charge on any atom is 0.300 e. The zero-order chi connectivity index (χ0) is 21.0. The molecule has 2 N–H and O–H groups in total. The molecule has 3 rings (SSSR count). The van der Waals surface area contributed by atoms with Crippen molar-refractivity contribution >= 4 is 27.1 Å². The Kier molecular flexibility index (Phi) is 5.99.